The number of carbonyl (C=O) groups excluding carboxylic acids is 1. The molecule has 0 saturated carbocycles. The minimum absolute atomic E-state index is 0.284. The normalized spacial score (nSPS) is 25.9. The van der Waals surface area contributed by atoms with Crippen molar-refractivity contribution in [1.82, 2.24) is 9.88 Å². The lowest BCUT2D eigenvalue weighted by Crippen LogP contribution is -2.36. The molecule has 1 fully saturated rings. The number of carbonyl (C=O) groups is 1. The molecule has 16 heavy (non-hydrogen) atoms. The van der Waals surface area contributed by atoms with Gasteiger partial charge in [0.05, 0.1) is 19.8 Å². The van der Waals surface area contributed by atoms with Crippen LogP contribution in [-0.4, -0.2) is 46.8 Å². The van der Waals surface area contributed by atoms with Crippen molar-refractivity contribution in [1.29, 1.82) is 0 Å². The molecule has 0 radical (unpaired) electrons. The molecule has 1 N–H and O–H groups in total. The summed E-state index contributed by atoms with van der Waals surface area (Å²) in [5.74, 6) is -0.284. The molecule has 0 amide bonds. The Balaban J connectivity index is 2.04. The van der Waals surface area contributed by atoms with E-state index in [4.69, 9.17) is 4.74 Å². The summed E-state index contributed by atoms with van der Waals surface area (Å²) in [6.45, 7) is 1.09. The molecule has 1 aromatic rings. The molecule has 88 valence electrons. The molecule has 1 aromatic heterocycles. The van der Waals surface area contributed by atoms with Crippen LogP contribution in [0.4, 0.5) is 0 Å². The van der Waals surface area contributed by atoms with Crippen LogP contribution < -0.4 is 0 Å². The number of likely N-dealkylation sites (tertiary alicyclic amines) is 1. The molecule has 1 aliphatic rings. The van der Waals surface area contributed by atoms with Crippen LogP contribution in [0, 0.1) is 0 Å². The number of β-amino-alcohol motifs (C(OH)–C–C–N with tert-alkyl or cyclic N) is 1. The minimum Gasteiger partial charge on any atom is -0.468 e. The van der Waals surface area contributed by atoms with E-state index in [1.54, 1.807) is 17.5 Å². The second kappa shape index (κ2) is 4.90. The maximum absolute atomic E-state index is 11.5. The summed E-state index contributed by atoms with van der Waals surface area (Å²) in [7, 11) is 1.37. The van der Waals surface area contributed by atoms with Gasteiger partial charge in [-0.1, -0.05) is 0 Å². The number of ether oxygens (including phenoxy) is 1. The van der Waals surface area contributed by atoms with E-state index in [1.165, 1.54) is 7.11 Å². The van der Waals surface area contributed by atoms with Crippen molar-refractivity contribution >= 4 is 17.3 Å². The molecule has 0 unspecified atom stereocenters. The van der Waals surface area contributed by atoms with Gasteiger partial charge < -0.3 is 9.84 Å². The quantitative estimate of drug-likeness (QED) is 0.770. The number of methoxy groups -OCH3 is 1. The monoisotopic (exact) mass is 242 g/mol. The largest absolute Gasteiger partial charge is 0.468 e. The van der Waals surface area contributed by atoms with Gasteiger partial charge in [0.25, 0.3) is 0 Å². The molecule has 2 heterocycles. The van der Waals surface area contributed by atoms with Gasteiger partial charge in [0.2, 0.25) is 0 Å². The Labute approximate surface area is 97.7 Å². The summed E-state index contributed by atoms with van der Waals surface area (Å²) in [5.41, 5.74) is 0. The fourth-order valence-electron chi connectivity index (χ4n) is 1.94. The van der Waals surface area contributed by atoms with E-state index >= 15 is 0 Å². The maximum Gasteiger partial charge on any atom is 0.323 e. The van der Waals surface area contributed by atoms with Crippen LogP contribution in [-0.2, 0) is 16.1 Å². The van der Waals surface area contributed by atoms with Crippen molar-refractivity contribution < 1.29 is 14.6 Å². The fraction of sp³-hybridized carbons (Fsp3) is 0.600. The molecule has 2 atom stereocenters. The Morgan fingerprint density at radius 3 is 3.25 bits per heavy atom. The first-order valence-corrected chi connectivity index (χ1v) is 5.97. The molecule has 1 aliphatic heterocycles. The smallest absolute Gasteiger partial charge is 0.323 e. The highest BCUT2D eigenvalue weighted by molar-refractivity contribution is 7.09. The number of aliphatic hydroxyl groups is 1. The van der Waals surface area contributed by atoms with Crippen molar-refractivity contribution in [3.8, 4) is 0 Å². The summed E-state index contributed by atoms with van der Waals surface area (Å²) in [5, 5.41) is 12.4. The third kappa shape index (κ3) is 2.40. The standard InChI is InChI=1S/C10H14N2O3S/c1-15-10(14)8-4-7(13)5-12(8)6-9-11-2-3-16-9/h2-3,7-8,13H,4-6H2,1H3/t7-,8-/m0/s1. The van der Waals surface area contributed by atoms with Crippen LogP contribution in [0.3, 0.4) is 0 Å². The van der Waals surface area contributed by atoms with Gasteiger partial charge in [0.1, 0.15) is 11.0 Å². The number of hydrogen-bond acceptors (Lipinski definition) is 6. The second-order valence-electron chi connectivity index (χ2n) is 3.78. The molecule has 0 aromatic carbocycles. The van der Waals surface area contributed by atoms with Gasteiger partial charge in [-0.05, 0) is 0 Å². The van der Waals surface area contributed by atoms with Gasteiger partial charge in [0, 0.05) is 24.5 Å². The Morgan fingerprint density at radius 2 is 2.62 bits per heavy atom. The number of thiazole rings is 1. The Bertz CT molecular complexity index is 355. The second-order valence-corrected chi connectivity index (χ2v) is 4.76. The average molecular weight is 242 g/mol. The van der Waals surface area contributed by atoms with Crippen LogP contribution in [0.2, 0.25) is 0 Å². The van der Waals surface area contributed by atoms with Crippen LogP contribution in [0.1, 0.15) is 11.4 Å². The van der Waals surface area contributed by atoms with Crippen LogP contribution >= 0.6 is 11.3 Å². The molecule has 5 nitrogen and oxygen atoms in total. The predicted octanol–water partition coefficient (Wildman–Crippen LogP) is 0.251. The Morgan fingerprint density at radius 1 is 1.81 bits per heavy atom. The number of aromatic nitrogens is 1. The van der Waals surface area contributed by atoms with E-state index in [-0.39, 0.29) is 12.0 Å². The topological polar surface area (TPSA) is 62.7 Å². The van der Waals surface area contributed by atoms with Gasteiger partial charge in [-0.2, -0.15) is 0 Å². The van der Waals surface area contributed by atoms with Crippen LogP contribution in [0.25, 0.3) is 0 Å². The average Bonchev–Trinajstić information content (AvgIpc) is 2.88. The SMILES string of the molecule is COC(=O)[C@@H]1C[C@H](O)CN1Cc1nccs1. The number of nitrogens with zero attached hydrogens (tertiary/aromatic N) is 2. The van der Waals surface area contributed by atoms with E-state index in [1.807, 2.05) is 10.3 Å². The number of hydrogen-bond donors (Lipinski definition) is 1. The molecule has 0 aliphatic carbocycles. The highest BCUT2D eigenvalue weighted by Gasteiger charge is 2.36. The van der Waals surface area contributed by atoms with E-state index in [0.29, 0.717) is 19.5 Å². The Kier molecular flexibility index (Phi) is 3.52. The third-order valence-corrected chi connectivity index (χ3v) is 3.44. The fourth-order valence-corrected chi connectivity index (χ4v) is 2.58. The minimum atomic E-state index is -0.455. The molecule has 0 bridgehead atoms. The summed E-state index contributed by atoms with van der Waals surface area (Å²) in [4.78, 5) is 17.6. The van der Waals surface area contributed by atoms with Gasteiger partial charge in [-0.15, -0.1) is 11.3 Å². The van der Waals surface area contributed by atoms with Crippen molar-refractivity contribution in [2.45, 2.75) is 25.1 Å². The molecule has 2 rings (SSSR count). The van der Waals surface area contributed by atoms with E-state index in [0.717, 1.165) is 5.01 Å². The number of aliphatic hydroxyl groups excluding tert-OH is 1. The zero-order valence-electron chi connectivity index (χ0n) is 9.00. The zero-order valence-corrected chi connectivity index (χ0v) is 9.81. The van der Waals surface area contributed by atoms with Crippen LogP contribution in [0.15, 0.2) is 11.6 Å². The molecular formula is C10H14N2O3S. The lowest BCUT2D eigenvalue weighted by Gasteiger charge is -2.20. The summed E-state index contributed by atoms with van der Waals surface area (Å²) < 4.78 is 4.72. The lowest BCUT2D eigenvalue weighted by molar-refractivity contribution is -0.146. The predicted molar refractivity (Wildman–Crippen MR) is 59.0 cm³/mol. The van der Waals surface area contributed by atoms with Gasteiger partial charge >= 0.3 is 5.97 Å². The van der Waals surface area contributed by atoms with E-state index in [2.05, 4.69) is 4.98 Å². The summed E-state index contributed by atoms with van der Waals surface area (Å²) in [6.07, 6.45) is 1.72. The van der Waals surface area contributed by atoms with E-state index < -0.39 is 6.10 Å². The zero-order chi connectivity index (χ0) is 11.5. The molecule has 1 saturated heterocycles. The molecule has 6 heteroatoms. The first kappa shape index (κ1) is 11.5. The van der Waals surface area contributed by atoms with Crippen molar-refractivity contribution in [2.24, 2.45) is 0 Å². The maximum atomic E-state index is 11.5. The highest BCUT2D eigenvalue weighted by atomic mass is 32.1. The molecular weight excluding hydrogens is 228 g/mol. The van der Waals surface area contributed by atoms with Gasteiger partial charge in [-0.3, -0.25) is 9.69 Å². The van der Waals surface area contributed by atoms with E-state index in [9.17, 15) is 9.90 Å². The molecule has 0 spiro atoms. The summed E-state index contributed by atoms with van der Waals surface area (Å²) >= 11 is 1.55. The van der Waals surface area contributed by atoms with Crippen molar-refractivity contribution in [3.05, 3.63) is 16.6 Å². The number of esters is 1. The van der Waals surface area contributed by atoms with Gasteiger partial charge in [0.15, 0.2) is 0 Å². The number of rotatable bonds is 3. The van der Waals surface area contributed by atoms with Gasteiger partial charge in [-0.25, -0.2) is 4.98 Å². The van der Waals surface area contributed by atoms with Crippen LogP contribution in [0.5, 0.6) is 0 Å². The third-order valence-electron chi connectivity index (χ3n) is 2.68. The first-order chi connectivity index (χ1) is 7.70. The van der Waals surface area contributed by atoms with Crippen molar-refractivity contribution in [3.63, 3.8) is 0 Å². The highest BCUT2D eigenvalue weighted by Crippen LogP contribution is 2.22. The summed E-state index contributed by atoms with van der Waals surface area (Å²) in [6, 6.07) is -0.344. The first-order valence-electron chi connectivity index (χ1n) is 5.09. The van der Waals surface area contributed by atoms with Crippen molar-refractivity contribution in [2.75, 3.05) is 13.7 Å². The lowest BCUT2D eigenvalue weighted by atomic mass is 10.2. The Hall–Kier alpha value is -0.980.